The lowest BCUT2D eigenvalue weighted by atomic mass is 10.0. The van der Waals surface area contributed by atoms with Crippen LogP contribution in [-0.4, -0.2) is 59.1 Å². The quantitative estimate of drug-likeness (QED) is 0.864. The van der Waals surface area contributed by atoms with Gasteiger partial charge in [0.2, 0.25) is 0 Å². The molecule has 0 aliphatic carbocycles. The van der Waals surface area contributed by atoms with E-state index in [1.165, 1.54) is 12.5 Å². The fraction of sp³-hybridized carbons (Fsp3) is 0.643. The van der Waals surface area contributed by atoms with Crippen LogP contribution in [0.1, 0.15) is 29.6 Å². The Bertz CT molecular complexity index is 424. The van der Waals surface area contributed by atoms with Crippen molar-refractivity contribution in [3.63, 3.8) is 0 Å². The molecule has 1 amide bonds. The first kappa shape index (κ1) is 12.7. The van der Waals surface area contributed by atoms with E-state index in [-0.39, 0.29) is 12.0 Å². The van der Waals surface area contributed by atoms with E-state index in [4.69, 9.17) is 4.42 Å². The molecule has 2 saturated heterocycles. The SMILES string of the molecule is O=C(c1ccoc1)N1CCC(N2CCC(O)C2)CC1. The molecule has 2 aliphatic heterocycles. The highest BCUT2D eigenvalue weighted by Crippen LogP contribution is 2.22. The van der Waals surface area contributed by atoms with Crippen molar-refractivity contribution in [1.82, 2.24) is 9.80 Å². The van der Waals surface area contributed by atoms with E-state index in [2.05, 4.69) is 4.90 Å². The van der Waals surface area contributed by atoms with Crippen LogP contribution in [0.5, 0.6) is 0 Å². The molecular formula is C14H20N2O3. The van der Waals surface area contributed by atoms with Gasteiger partial charge in [-0.15, -0.1) is 0 Å². The summed E-state index contributed by atoms with van der Waals surface area (Å²) in [5.74, 6) is 0.0636. The molecule has 2 fully saturated rings. The molecular weight excluding hydrogens is 244 g/mol. The van der Waals surface area contributed by atoms with Crippen LogP contribution in [0.4, 0.5) is 0 Å². The third-order valence-electron chi connectivity index (χ3n) is 4.23. The van der Waals surface area contributed by atoms with Crippen molar-refractivity contribution in [3.05, 3.63) is 24.2 Å². The van der Waals surface area contributed by atoms with E-state index in [1.54, 1.807) is 6.07 Å². The van der Waals surface area contributed by atoms with Gasteiger partial charge in [-0.05, 0) is 25.3 Å². The number of furan rings is 1. The highest BCUT2D eigenvalue weighted by atomic mass is 16.3. The molecule has 5 heteroatoms. The molecule has 19 heavy (non-hydrogen) atoms. The van der Waals surface area contributed by atoms with Crippen LogP contribution < -0.4 is 0 Å². The van der Waals surface area contributed by atoms with Crippen LogP contribution in [-0.2, 0) is 0 Å². The second-order valence-electron chi connectivity index (χ2n) is 5.47. The Morgan fingerprint density at radius 1 is 1.26 bits per heavy atom. The van der Waals surface area contributed by atoms with Crippen LogP contribution >= 0.6 is 0 Å². The third-order valence-corrected chi connectivity index (χ3v) is 4.23. The fourth-order valence-electron chi connectivity index (χ4n) is 3.10. The summed E-state index contributed by atoms with van der Waals surface area (Å²) >= 11 is 0. The first-order valence-corrected chi connectivity index (χ1v) is 6.97. The van der Waals surface area contributed by atoms with Crippen molar-refractivity contribution in [1.29, 1.82) is 0 Å². The Balaban J connectivity index is 1.53. The molecule has 3 heterocycles. The number of aliphatic hydroxyl groups is 1. The largest absolute Gasteiger partial charge is 0.472 e. The molecule has 1 aromatic rings. The van der Waals surface area contributed by atoms with Gasteiger partial charge < -0.3 is 14.4 Å². The van der Waals surface area contributed by atoms with Gasteiger partial charge in [-0.2, -0.15) is 0 Å². The van der Waals surface area contributed by atoms with E-state index in [0.29, 0.717) is 11.6 Å². The number of aliphatic hydroxyl groups excluding tert-OH is 1. The number of β-amino-alcohol motifs (C(OH)–C–C–N with tert-alkyl or cyclic N) is 1. The molecule has 0 spiro atoms. The van der Waals surface area contributed by atoms with Gasteiger partial charge in [0.15, 0.2) is 0 Å². The number of rotatable bonds is 2. The minimum absolute atomic E-state index is 0.0636. The van der Waals surface area contributed by atoms with Gasteiger partial charge in [0, 0.05) is 32.2 Å². The monoisotopic (exact) mass is 264 g/mol. The summed E-state index contributed by atoms with van der Waals surface area (Å²) in [5.41, 5.74) is 0.634. The Labute approximate surface area is 112 Å². The van der Waals surface area contributed by atoms with Crippen LogP contribution in [0.15, 0.2) is 23.0 Å². The van der Waals surface area contributed by atoms with Crippen molar-refractivity contribution < 1.29 is 14.3 Å². The van der Waals surface area contributed by atoms with E-state index < -0.39 is 0 Å². The summed E-state index contributed by atoms with van der Waals surface area (Å²) in [6, 6.07) is 2.23. The maximum atomic E-state index is 12.2. The Kier molecular flexibility index (Phi) is 3.57. The zero-order valence-electron chi connectivity index (χ0n) is 11.0. The molecule has 0 bridgehead atoms. The van der Waals surface area contributed by atoms with Crippen LogP contribution in [0.25, 0.3) is 0 Å². The highest BCUT2D eigenvalue weighted by molar-refractivity contribution is 5.93. The number of nitrogens with zero attached hydrogens (tertiary/aromatic N) is 2. The minimum atomic E-state index is -0.161. The third kappa shape index (κ3) is 2.67. The zero-order chi connectivity index (χ0) is 13.2. The summed E-state index contributed by atoms with van der Waals surface area (Å²) in [7, 11) is 0. The van der Waals surface area contributed by atoms with Gasteiger partial charge in [0.25, 0.3) is 5.91 Å². The number of carbonyl (C=O) groups is 1. The van der Waals surface area contributed by atoms with E-state index >= 15 is 0 Å². The van der Waals surface area contributed by atoms with Gasteiger partial charge in [0.05, 0.1) is 17.9 Å². The maximum Gasteiger partial charge on any atom is 0.257 e. The summed E-state index contributed by atoms with van der Waals surface area (Å²) < 4.78 is 4.96. The predicted molar refractivity (Wildman–Crippen MR) is 69.8 cm³/mol. The average Bonchev–Trinajstić information content (AvgIpc) is 3.09. The Hall–Kier alpha value is -1.33. The lowest BCUT2D eigenvalue weighted by molar-refractivity contribution is 0.0627. The second-order valence-corrected chi connectivity index (χ2v) is 5.47. The number of hydrogen-bond donors (Lipinski definition) is 1. The lowest BCUT2D eigenvalue weighted by Gasteiger charge is -2.36. The second kappa shape index (κ2) is 5.35. The molecule has 0 saturated carbocycles. The van der Waals surface area contributed by atoms with E-state index in [9.17, 15) is 9.90 Å². The van der Waals surface area contributed by atoms with Crippen LogP contribution in [0.3, 0.4) is 0 Å². The first-order chi connectivity index (χ1) is 9.24. The van der Waals surface area contributed by atoms with Gasteiger partial charge in [-0.25, -0.2) is 0 Å². The molecule has 0 radical (unpaired) electrons. The van der Waals surface area contributed by atoms with Crippen molar-refractivity contribution >= 4 is 5.91 Å². The lowest BCUT2D eigenvalue weighted by Crippen LogP contribution is -2.46. The summed E-state index contributed by atoms with van der Waals surface area (Å²) in [6.07, 6.45) is 5.75. The van der Waals surface area contributed by atoms with Crippen LogP contribution in [0, 0.1) is 0 Å². The number of likely N-dealkylation sites (tertiary alicyclic amines) is 2. The normalized spacial score (nSPS) is 25.9. The summed E-state index contributed by atoms with van der Waals surface area (Å²) in [6.45, 7) is 3.37. The van der Waals surface area contributed by atoms with Crippen molar-refractivity contribution in [2.24, 2.45) is 0 Å². The fourth-order valence-corrected chi connectivity index (χ4v) is 3.10. The van der Waals surface area contributed by atoms with E-state index in [0.717, 1.165) is 45.4 Å². The smallest absolute Gasteiger partial charge is 0.257 e. The predicted octanol–water partition coefficient (Wildman–Crippen LogP) is 0.951. The van der Waals surface area contributed by atoms with Gasteiger partial charge in [-0.3, -0.25) is 9.69 Å². The highest BCUT2D eigenvalue weighted by Gasteiger charge is 2.31. The standard InChI is InChI=1S/C14H20N2O3/c17-13-3-7-16(9-13)12-1-5-15(6-2-12)14(18)11-4-8-19-10-11/h4,8,10,12-13,17H,1-3,5-7,9H2. The maximum absolute atomic E-state index is 12.2. The topological polar surface area (TPSA) is 56.9 Å². The molecule has 2 aliphatic rings. The number of hydrogen-bond acceptors (Lipinski definition) is 4. The number of piperidine rings is 1. The average molecular weight is 264 g/mol. The molecule has 1 N–H and O–H groups in total. The van der Waals surface area contributed by atoms with Gasteiger partial charge >= 0.3 is 0 Å². The first-order valence-electron chi connectivity index (χ1n) is 6.97. The Morgan fingerprint density at radius 2 is 2.05 bits per heavy atom. The summed E-state index contributed by atoms with van der Waals surface area (Å²) in [5, 5.41) is 9.58. The molecule has 104 valence electrons. The molecule has 1 atom stereocenters. The molecule has 1 aromatic heterocycles. The van der Waals surface area contributed by atoms with Crippen molar-refractivity contribution in [2.45, 2.75) is 31.4 Å². The van der Waals surface area contributed by atoms with Crippen molar-refractivity contribution in [3.8, 4) is 0 Å². The molecule has 0 aromatic carbocycles. The van der Waals surface area contributed by atoms with Crippen molar-refractivity contribution in [2.75, 3.05) is 26.2 Å². The molecule has 1 unspecified atom stereocenters. The Morgan fingerprint density at radius 3 is 2.63 bits per heavy atom. The number of carbonyl (C=O) groups excluding carboxylic acids is 1. The summed E-state index contributed by atoms with van der Waals surface area (Å²) in [4.78, 5) is 16.4. The van der Waals surface area contributed by atoms with Crippen LogP contribution in [0.2, 0.25) is 0 Å². The van der Waals surface area contributed by atoms with E-state index in [1.807, 2.05) is 4.90 Å². The number of amides is 1. The zero-order valence-corrected chi connectivity index (χ0v) is 11.0. The minimum Gasteiger partial charge on any atom is -0.472 e. The van der Waals surface area contributed by atoms with Gasteiger partial charge in [0.1, 0.15) is 6.26 Å². The molecule has 3 rings (SSSR count). The molecule has 5 nitrogen and oxygen atoms in total. The van der Waals surface area contributed by atoms with Gasteiger partial charge in [-0.1, -0.05) is 0 Å².